The molecule has 0 spiro atoms. The van der Waals surface area contributed by atoms with Gasteiger partial charge in [-0.2, -0.15) is 0 Å². The van der Waals surface area contributed by atoms with Crippen LogP contribution in [-0.2, 0) is 9.59 Å². The number of carboxylic acid groups (broad SMARTS) is 1. The molecule has 0 atom stereocenters. The van der Waals surface area contributed by atoms with Gasteiger partial charge in [-0.3, -0.25) is 9.59 Å². The van der Waals surface area contributed by atoms with Crippen molar-refractivity contribution in [3.63, 3.8) is 0 Å². The first-order valence-electron chi connectivity index (χ1n) is 5.50. The first-order valence-corrected chi connectivity index (χ1v) is 5.50. The molecule has 1 amide bonds. The Morgan fingerprint density at radius 3 is 2.31 bits per heavy atom. The largest absolute Gasteiger partial charge is 0.481 e. The minimum absolute atomic E-state index is 0.0108. The molecule has 0 aromatic rings. The van der Waals surface area contributed by atoms with Gasteiger partial charge in [-0.1, -0.05) is 13.8 Å². The molecule has 3 N–H and O–H groups in total. The molecule has 0 aliphatic heterocycles. The maximum absolute atomic E-state index is 11.5. The lowest BCUT2D eigenvalue weighted by Gasteiger charge is -2.21. The van der Waals surface area contributed by atoms with Gasteiger partial charge in [-0.25, -0.2) is 0 Å². The average molecular weight is 230 g/mol. The van der Waals surface area contributed by atoms with E-state index in [4.69, 9.17) is 5.11 Å². The zero-order valence-corrected chi connectivity index (χ0v) is 10.3. The third kappa shape index (κ3) is 8.23. The summed E-state index contributed by atoms with van der Waals surface area (Å²) < 4.78 is 0. The summed E-state index contributed by atoms with van der Waals surface area (Å²) in [5, 5.41) is 14.4. The molecule has 0 radical (unpaired) electrons. The predicted molar refractivity (Wildman–Crippen MR) is 62.2 cm³/mol. The maximum Gasteiger partial charge on any atom is 0.303 e. The van der Waals surface area contributed by atoms with Crippen LogP contribution in [0.3, 0.4) is 0 Å². The van der Waals surface area contributed by atoms with E-state index in [9.17, 15) is 9.59 Å². The average Bonchev–Trinajstić information content (AvgIpc) is 2.09. The molecular formula is C11H22N2O3. The van der Waals surface area contributed by atoms with Gasteiger partial charge in [0.1, 0.15) is 0 Å². The lowest BCUT2D eigenvalue weighted by Crippen LogP contribution is -2.31. The predicted octanol–water partition coefficient (Wildman–Crippen LogP) is 0.603. The molecule has 0 heterocycles. The minimum Gasteiger partial charge on any atom is -0.481 e. The van der Waals surface area contributed by atoms with E-state index in [1.165, 1.54) is 0 Å². The molecule has 0 aromatic carbocycles. The van der Waals surface area contributed by atoms with Crippen LogP contribution in [-0.4, -0.2) is 37.1 Å². The van der Waals surface area contributed by atoms with Crippen LogP contribution in [0, 0.1) is 5.41 Å². The molecule has 0 fully saturated rings. The van der Waals surface area contributed by atoms with E-state index in [0.29, 0.717) is 6.54 Å². The zero-order chi connectivity index (χ0) is 12.6. The second kappa shape index (κ2) is 7.22. The van der Waals surface area contributed by atoms with Gasteiger partial charge in [-0.05, 0) is 25.4 Å². The fourth-order valence-electron chi connectivity index (χ4n) is 1.46. The van der Waals surface area contributed by atoms with Gasteiger partial charge in [0.15, 0.2) is 0 Å². The van der Waals surface area contributed by atoms with Crippen LogP contribution in [0.25, 0.3) is 0 Å². The maximum atomic E-state index is 11.5. The Balaban J connectivity index is 3.80. The highest BCUT2D eigenvalue weighted by Crippen LogP contribution is 2.24. The fraction of sp³-hybridized carbons (Fsp3) is 0.818. The molecule has 0 aliphatic carbocycles. The highest BCUT2D eigenvalue weighted by Gasteiger charge is 2.24. The molecule has 16 heavy (non-hydrogen) atoms. The Labute approximate surface area is 96.6 Å². The summed E-state index contributed by atoms with van der Waals surface area (Å²) in [5.41, 5.74) is -0.487. The summed E-state index contributed by atoms with van der Waals surface area (Å²) in [7, 11) is 1.86. The van der Waals surface area contributed by atoms with Crippen molar-refractivity contribution in [2.45, 2.75) is 33.1 Å². The van der Waals surface area contributed by atoms with E-state index in [1.807, 2.05) is 7.05 Å². The van der Waals surface area contributed by atoms with Gasteiger partial charge < -0.3 is 15.7 Å². The number of hydrogen-bond acceptors (Lipinski definition) is 3. The van der Waals surface area contributed by atoms with Crippen molar-refractivity contribution in [3.05, 3.63) is 0 Å². The van der Waals surface area contributed by atoms with Crippen LogP contribution in [0.15, 0.2) is 0 Å². The molecule has 0 unspecified atom stereocenters. The molecule has 5 heteroatoms. The van der Waals surface area contributed by atoms with E-state index in [0.717, 1.165) is 13.0 Å². The van der Waals surface area contributed by atoms with Crippen molar-refractivity contribution in [1.29, 1.82) is 0 Å². The topological polar surface area (TPSA) is 78.4 Å². The van der Waals surface area contributed by atoms with Crippen molar-refractivity contribution in [2.24, 2.45) is 5.41 Å². The number of carbonyl (C=O) groups excluding carboxylic acids is 1. The molecule has 0 aliphatic rings. The number of carboxylic acids is 1. The van der Waals surface area contributed by atoms with Crippen molar-refractivity contribution in [2.75, 3.05) is 20.1 Å². The summed E-state index contributed by atoms with van der Waals surface area (Å²) in [6.07, 6.45) is 1.14. The molecule has 94 valence electrons. The van der Waals surface area contributed by atoms with Crippen LogP contribution in [0.5, 0.6) is 0 Å². The van der Waals surface area contributed by atoms with Gasteiger partial charge in [0.2, 0.25) is 5.91 Å². The molecule has 0 bridgehead atoms. The Morgan fingerprint density at radius 1 is 1.19 bits per heavy atom. The van der Waals surface area contributed by atoms with Crippen LogP contribution >= 0.6 is 0 Å². The molecular weight excluding hydrogens is 208 g/mol. The van der Waals surface area contributed by atoms with Crippen LogP contribution in [0.1, 0.15) is 33.1 Å². The van der Waals surface area contributed by atoms with E-state index in [2.05, 4.69) is 10.6 Å². The molecule has 0 saturated heterocycles. The van der Waals surface area contributed by atoms with E-state index in [-0.39, 0.29) is 18.7 Å². The third-order valence-electron chi connectivity index (χ3n) is 2.19. The number of aliphatic carboxylic acids is 1. The second-order valence-corrected chi connectivity index (χ2v) is 4.72. The number of carbonyl (C=O) groups is 2. The lowest BCUT2D eigenvalue weighted by atomic mass is 9.85. The zero-order valence-electron chi connectivity index (χ0n) is 10.3. The van der Waals surface area contributed by atoms with Crippen LogP contribution in [0.2, 0.25) is 0 Å². The number of hydrogen-bond donors (Lipinski definition) is 3. The summed E-state index contributed by atoms with van der Waals surface area (Å²) in [4.78, 5) is 22.0. The molecule has 5 nitrogen and oxygen atoms in total. The van der Waals surface area contributed by atoms with Gasteiger partial charge in [-0.15, -0.1) is 0 Å². The number of rotatable bonds is 8. The van der Waals surface area contributed by atoms with Crippen LogP contribution in [0.4, 0.5) is 0 Å². The van der Waals surface area contributed by atoms with Crippen molar-refractivity contribution >= 4 is 11.9 Å². The third-order valence-corrected chi connectivity index (χ3v) is 2.19. The highest BCUT2D eigenvalue weighted by atomic mass is 16.4. The van der Waals surface area contributed by atoms with E-state index in [1.54, 1.807) is 13.8 Å². The fourth-order valence-corrected chi connectivity index (χ4v) is 1.46. The number of nitrogens with one attached hydrogen (secondary N) is 2. The Bertz CT molecular complexity index is 239. The van der Waals surface area contributed by atoms with Crippen LogP contribution < -0.4 is 10.6 Å². The molecule has 0 saturated carbocycles. The smallest absolute Gasteiger partial charge is 0.303 e. The van der Waals surface area contributed by atoms with E-state index < -0.39 is 11.4 Å². The van der Waals surface area contributed by atoms with Gasteiger partial charge in [0.05, 0.1) is 6.42 Å². The van der Waals surface area contributed by atoms with Gasteiger partial charge in [0.25, 0.3) is 0 Å². The van der Waals surface area contributed by atoms with Gasteiger partial charge in [0, 0.05) is 13.0 Å². The summed E-state index contributed by atoms with van der Waals surface area (Å²) in [6, 6.07) is 0. The Morgan fingerprint density at radius 2 is 1.81 bits per heavy atom. The van der Waals surface area contributed by atoms with Gasteiger partial charge >= 0.3 is 5.97 Å². The molecule has 0 rings (SSSR count). The number of amides is 1. The Hall–Kier alpha value is -1.10. The summed E-state index contributed by atoms with van der Waals surface area (Å²) in [6.45, 7) is 5.06. The lowest BCUT2D eigenvalue weighted by molar-refractivity contribution is -0.139. The quantitative estimate of drug-likeness (QED) is 0.534. The Kier molecular flexibility index (Phi) is 6.72. The summed E-state index contributed by atoms with van der Waals surface area (Å²) >= 11 is 0. The van der Waals surface area contributed by atoms with Crippen molar-refractivity contribution in [1.82, 2.24) is 10.6 Å². The first kappa shape index (κ1) is 14.9. The molecule has 0 aromatic heterocycles. The summed E-state index contributed by atoms with van der Waals surface area (Å²) in [5.74, 6) is -0.949. The van der Waals surface area contributed by atoms with E-state index >= 15 is 0 Å². The monoisotopic (exact) mass is 230 g/mol. The standard InChI is InChI=1S/C11H22N2O3/c1-11(2,8-10(15)16)7-9(14)13-6-4-5-12-3/h12H,4-8H2,1-3H3,(H,13,14)(H,15,16). The second-order valence-electron chi connectivity index (χ2n) is 4.72. The first-order chi connectivity index (χ1) is 7.37. The minimum atomic E-state index is -0.868. The highest BCUT2D eigenvalue weighted by molar-refractivity contribution is 5.77. The van der Waals surface area contributed by atoms with Crippen molar-refractivity contribution < 1.29 is 14.7 Å². The SMILES string of the molecule is CNCCCNC(=O)CC(C)(C)CC(=O)O. The van der Waals surface area contributed by atoms with Crippen molar-refractivity contribution in [3.8, 4) is 0 Å². The normalized spacial score (nSPS) is 11.2.